The summed E-state index contributed by atoms with van der Waals surface area (Å²) in [7, 11) is 0. The molecule has 0 saturated carbocycles. The number of hydrogen-bond donors (Lipinski definition) is 1. The van der Waals surface area contributed by atoms with Gasteiger partial charge < -0.3 is 15.4 Å². The lowest BCUT2D eigenvalue weighted by molar-refractivity contribution is -0.134. The first kappa shape index (κ1) is 13.3. The van der Waals surface area contributed by atoms with Crippen LogP contribution in [0.15, 0.2) is 0 Å². The van der Waals surface area contributed by atoms with Gasteiger partial charge in [0.1, 0.15) is 0 Å². The molecule has 6 heteroatoms. The molecule has 0 aromatic rings. The van der Waals surface area contributed by atoms with Crippen molar-refractivity contribution in [1.29, 1.82) is 0 Å². The number of nitrogens with zero attached hydrogens (tertiary/aromatic N) is 1. The summed E-state index contributed by atoms with van der Waals surface area (Å²) in [6.45, 7) is 2.09. The molecular formula is C10H18F2N2O2. The van der Waals surface area contributed by atoms with E-state index in [1.165, 1.54) is 4.90 Å². The number of ether oxygens (including phenoxy) is 1. The number of hydrogen-bond acceptors (Lipinski definition) is 3. The highest BCUT2D eigenvalue weighted by molar-refractivity contribution is 5.77. The summed E-state index contributed by atoms with van der Waals surface area (Å²) in [5.74, 6) is -3.11. The molecule has 1 aliphatic heterocycles. The van der Waals surface area contributed by atoms with Crippen molar-refractivity contribution in [3.05, 3.63) is 0 Å². The van der Waals surface area contributed by atoms with Gasteiger partial charge in [-0.1, -0.05) is 0 Å². The third-order valence-corrected chi connectivity index (χ3v) is 2.57. The normalized spacial score (nSPS) is 23.8. The van der Waals surface area contributed by atoms with Crippen LogP contribution in [0.5, 0.6) is 0 Å². The zero-order valence-electron chi connectivity index (χ0n) is 9.42. The van der Waals surface area contributed by atoms with Crippen LogP contribution < -0.4 is 5.73 Å². The number of halogens is 2. The summed E-state index contributed by atoms with van der Waals surface area (Å²) >= 11 is 0. The molecule has 1 rings (SSSR count). The molecular weight excluding hydrogens is 218 g/mol. The van der Waals surface area contributed by atoms with Gasteiger partial charge in [-0.25, -0.2) is 8.78 Å². The first-order chi connectivity index (χ1) is 7.50. The Bertz CT molecular complexity index is 249. The Labute approximate surface area is 93.7 Å². The minimum atomic E-state index is -2.80. The average molecular weight is 236 g/mol. The van der Waals surface area contributed by atoms with E-state index in [1.807, 2.05) is 0 Å². The van der Waals surface area contributed by atoms with Gasteiger partial charge in [-0.3, -0.25) is 4.79 Å². The SMILES string of the molecule is CCOC[C@@H]1CC(F)(F)CN1C(=O)CCN. The monoisotopic (exact) mass is 236 g/mol. The maximum absolute atomic E-state index is 13.2. The first-order valence-electron chi connectivity index (χ1n) is 5.45. The van der Waals surface area contributed by atoms with Gasteiger partial charge in [0.2, 0.25) is 5.91 Å². The second-order valence-electron chi connectivity index (χ2n) is 3.93. The van der Waals surface area contributed by atoms with Gasteiger partial charge in [-0.2, -0.15) is 0 Å². The molecule has 0 radical (unpaired) electrons. The predicted octanol–water partition coefficient (Wildman–Crippen LogP) is 0.608. The molecule has 94 valence electrons. The molecule has 1 aliphatic rings. The lowest BCUT2D eigenvalue weighted by Crippen LogP contribution is -2.39. The summed E-state index contributed by atoms with van der Waals surface area (Å²) in [6, 6.07) is -0.519. The zero-order valence-corrected chi connectivity index (χ0v) is 9.42. The van der Waals surface area contributed by atoms with Crippen molar-refractivity contribution in [3.63, 3.8) is 0 Å². The van der Waals surface area contributed by atoms with E-state index in [4.69, 9.17) is 10.5 Å². The second-order valence-corrected chi connectivity index (χ2v) is 3.93. The first-order valence-corrected chi connectivity index (χ1v) is 5.45. The summed E-state index contributed by atoms with van der Waals surface area (Å²) in [5, 5.41) is 0. The Balaban J connectivity index is 2.60. The summed E-state index contributed by atoms with van der Waals surface area (Å²) in [4.78, 5) is 12.8. The highest BCUT2D eigenvalue weighted by Crippen LogP contribution is 2.32. The molecule has 1 saturated heterocycles. The molecule has 4 nitrogen and oxygen atoms in total. The number of rotatable bonds is 5. The van der Waals surface area contributed by atoms with E-state index < -0.39 is 18.5 Å². The van der Waals surface area contributed by atoms with Gasteiger partial charge in [0, 0.05) is 26.0 Å². The lowest BCUT2D eigenvalue weighted by Gasteiger charge is -2.23. The van der Waals surface area contributed by atoms with Crippen LogP contribution in [0.1, 0.15) is 19.8 Å². The fourth-order valence-corrected chi connectivity index (χ4v) is 1.86. The van der Waals surface area contributed by atoms with Gasteiger partial charge in [-0.05, 0) is 6.92 Å². The molecule has 0 aromatic carbocycles. The summed E-state index contributed by atoms with van der Waals surface area (Å²) in [6.07, 6.45) is -0.206. The minimum absolute atomic E-state index is 0.110. The minimum Gasteiger partial charge on any atom is -0.380 e. The van der Waals surface area contributed by atoms with Crippen LogP contribution in [0.4, 0.5) is 8.78 Å². The van der Waals surface area contributed by atoms with E-state index in [9.17, 15) is 13.6 Å². The van der Waals surface area contributed by atoms with E-state index >= 15 is 0 Å². The maximum atomic E-state index is 13.2. The van der Waals surface area contributed by atoms with Crippen molar-refractivity contribution < 1.29 is 18.3 Å². The molecule has 0 aliphatic carbocycles. The Morgan fingerprint density at radius 3 is 2.88 bits per heavy atom. The van der Waals surface area contributed by atoms with Crippen molar-refractivity contribution in [2.75, 3.05) is 26.3 Å². The third kappa shape index (κ3) is 3.38. The maximum Gasteiger partial charge on any atom is 0.267 e. The van der Waals surface area contributed by atoms with Crippen LogP contribution in [-0.2, 0) is 9.53 Å². The Morgan fingerprint density at radius 2 is 2.31 bits per heavy atom. The second kappa shape index (κ2) is 5.54. The van der Waals surface area contributed by atoms with Gasteiger partial charge >= 0.3 is 0 Å². The Kier molecular flexibility index (Phi) is 4.61. The Morgan fingerprint density at radius 1 is 1.62 bits per heavy atom. The van der Waals surface area contributed by atoms with Gasteiger partial charge in [-0.15, -0.1) is 0 Å². The van der Waals surface area contributed by atoms with Crippen LogP contribution in [0.3, 0.4) is 0 Å². The van der Waals surface area contributed by atoms with Crippen molar-refractivity contribution in [1.82, 2.24) is 4.90 Å². The number of carbonyl (C=O) groups excluding carboxylic acids is 1. The fraction of sp³-hybridized carbons (Fsp3) is 0.900. The molecule has 16 heavy (non-hydrogen) atoms. The molecule has 0 aromatic heterocycles. The van der Waals surface area contributed by atoms with Crippen molar-refractivity contribution in [3.8, 4) is 0 Å². The predicted molar refractivity (Wildman–Crippen MR) is 55.2 cm³/mol. The standard InChI is InChI=1S/C10H18F2N2O2/c1-2-16-6-8-5-10(11,12)7-14(8)9(15)3-4-13/h8H,2-7,13H2,1H3/t8-/m0/s1. The van der Waals surface area contributed by atoms with Crippen LogP contribution >= 0.6 is 0 Å². The highest BCUT2D eigenvalue weighted by Gasteiger charge is 2.46. The molecule has 0 spiro atoms. The molecule has 0 unspecified atom stereocenters. The van der Waals surface area contributed by atoms with Gasteiger partial charge in [0.15, 0.2) is 0 Å². The number of likely N-dealkylation sites (tertiary alicyclic amines) is 1. The molecule has 1 amide bonds. The van der Waals surface area contributed by atoms with Gasteiger partial charge in [0.25, 0.3) is 5.92 Å². The third-order valence-electron chi connectivity index (χ3n) is 2.57. The average Bonchev–Trinajstić information content (AvgIpc) is 2.51. The van der Waals surface area contributed by atoms with Crippen LogP contribution in [-0.4, -0.2) is 49.1 Å². The van der Waals surface area contributed by atoms with E-state index in [0.717, 1.165) is 0 Å². The van der Waals surface area contributed by atoms with E-state index in [0.29, 0.717) is 6.61 Å². The van der Waals surface area contributed by atoms with Crippen molar-refractivity contribution >= 4 is 5.91 Å². The van der Waals surface area contributed by atoms with Crippen LogP contribution in [0, 0.1) is 0 Å². The quantitative estimate of drug-likeness (QED) is 0.760. The van der Waals surface area contributed by atoms with Crippen molar-refractivity contribution in [2.24, 2.45) is 5.73 Å². The van der Waals surface area contributed by atoms with E-state index in [-0.39, 0.29) is 31.9 Å². The van der Waals surface area contributed by atoms with Crippen LogP contribution in [0.2, 0.25) is 0 Å². The molecule has 1 fully saturated rings. The van der Waals surface area contributed by atoms with E-state index in [1.54, 1.807) is 6.92 Å². The number of alkyl halides is 2. The fourth-order valence-electron chi connectivity index (χ4n) is 1.86. The number of amides is 1. The van der Waals surface area contributed by atoms with E-state index in [2.05, 4.69) is 0 Å². The molecule has 1 heterocycles. The summed E-state index contributed by atoms with van der Waals surface area (Å²) < 4.78 is 31.5. The van der Waals surface area contributed by atoms with Crippen molar-refractivity contribution in [2.45, 2.75) is 31.7 Å². The zero-order chi connectivity index (χ0) is 12.2. The molecule has 2 N–H and O–H groups in total. The number of carbonyl (C=O) groups is 1. The molecule has 1 atom stereocenters. The Hall–Kier alpha value is -0.750. The van der Waals surface area contributed by atoms with Gasteiger partial charge in [0.05, 0.1) is 19.2 Å². The smallest absolute Gasteiger partial charge is 0.267 e. The summed E-state index contributed by atoms with van der Waals surface area (Å²) in [5.41, 5.74) is 5.24. The topological polar surface area (TPSA) is 55.6 Å². The highest BCUT2D eigenvalue weighted by atomic mass is 19.3. The largest absolute Gasteiger partial charge is 0.380 e. The molecule has 0 bridgehead atoms. The number of nitrogens with two attached hydrogens (primary N) is 1. The van der Waals surface area contributed by atoms with Crippen LogP contribution in [0.25, 0.3) is 0 Å². The lowest BCUT2D eigenvalue weighted by atomic mass is 10.2.